The number of hydrogen-bond acceptors (Lipinski definition) is 5. The van der Waals surface area contributed by atoms with Crippen molar-refractivity contribution in [2.45, 2.75) is 85.2 Å². The molecule has 1 unspecified atom stereocenters. The smallest absolute Gasteiger partial charge is 0.259 e. The van der Waals surface area contributed by atoms with E-state index >= 15 is 0 Å². The molecule has 1 saturated carbocycles. The van der Waals surface area contributed by atoms with Crippen molar-refractivity contribution in [1.29, 1.82) is 0 Å². The Kier molecular flexibility index (Phi) is 12.2. The van der Waals surface area contributed by atoms with Gasteiger partial charge in [0.15, 0.2) is 0 Å². The van der Waals surface area contributed by atoms with Crippen LogP contribution in [0.3, 0.4) is 0 Å². The molecule has 3 aromatic rings. The first-order valence-electron chi connectivity index (χ1n) is 13.6. The Bertz CT molecular complexity index is 1120. The average Bonchev–Trinajstić information content (AvgIpc) is 3.31. The number of nitrogens with zero attached hydrogens (tertiary/aromatic N) is 4. The minimum absolute atomic E-state index is 0.0258. The minimum atomic E-state index is -0.258. The first-order valence-corrected chi connectivity index (χ1v) is 13.6. The van der Waals surface area contributed by atoms with Gasteiger partial charge in [0.2, 0.25) is 5.95 Å². The molecule has 0 saturated heterocycles. The minimum Gasteiger partial charge on any atom is -0.339 e. The zero-order valence-electron chi connectivity index (χ0n) is 23.3. The predicted octanol–water partition coefficient (Wildman–Crippen LogP) is 6.05. The van der Waals surface area contributed by atoms with E-state index in [0.29, 0.717) is 28.6 Å². The standard InChI is InChI=1S/C25H31N5O2.C2H7N.C2H6/c1-4-17(2)30-22-13-12-18(24(32)29(3)20-10-6-5-7-11-20)15-21(22)27-25(30)28-23(31)19-9-8-14-26-16-19;1-2-3;1-2/h8-9,12-17,20H,4-7,10-11H2,1-3H3,(H,27,28,31);2-3H2,1H3;1-2H3. The lowest BCUT2D eigenvalue weighted by molar-refractivity contribution is 0.0696. The molecule has 1 fully saturated rings. The van der Waals surface area contributed by atoms with Crippen molar-refractivity contribution in [2.75, 3.05) is 18.9 Å². The number of nitrogens with two attached hydrogens (primary N) is 1. The lowest BCUT2D eigenvalue weighted by Gasteiger charge is -2.31. The van der Waals surface area contributed by atoms with E-state index in [4.69, 9.17) is 10.7 Å². The molecular weight excluding hydrogens is 464 g/mol. The quantitative estimate of drug-likeness (QED) is 0.421. The van der Waals surface area contributed by atoms with E-state index in [1.54, 1.807) is 18.3 Å². The Hall–Kier alpha value is -3.26. The number of imidazole rings is 1. The van der Waals surface area contributed by atoms with Gasteiger partial charge in [-0.1, -0.05) is 47.0 Å². The van der Waals surface area contributed by atoms with Crippen molar-refractivity contribution in [3.05, 3.63) is 53.9 Å². The van der Waals surface area contributed by atoms with Crippen molar-refractivity contribution in [3.63, 3.8) is 0 Å². The molecule has 0 bridgehead atoms. The predicted molar refractivity (Wildman–Crippen MR) is 152 cm³/mol. The number of pyridine rings is 1. The second-order valence-corrected chi connectivity index (χ2v) is 9.08. The van der Waals surface area contributed by atoms with Crippen molar-refractivity contribution < 1.29 is 9.59 Å². The zero-order valence-corrected chi connectivity index (χ0v) is 23.3. The van der Waals surface area contributed by atoms with Crippen molar-refractivity contribution in [3.8, 4) is 0 Å². The fraction of sp³-hybridized carbons (Fsp3) is 0.517. The number of carbonyl (C=O) groups is 2. The highest BCUT2D eigenvalue weighted by Gasteiger charge is 2.24. The van der Waals surface area contributed by atoms with Crippen molar-refractivity contribution in [2.24, 2.45) is 5.73 Å². The Balaban J connectivity index is 0.000000898. The Morgan fingerprint density at radius 3 is 2.41 bits per heavy atom. The molecule has 1 atom stereocenters. The summed E-state index contributed by atoms with van der Waals surface area (Å²) in [5.74, 6) is 0.248. The van der Waals surface area contributed by atoms with Gasteiger partial charge in [-0.2, -0.15) is 0 Å². The van der Waals surface area contributed by atoms with Gasteiger partial charge < -0.3 is 15.2 Å². The molecule has 8 nitrogen and oxygen atoms in total. The van der Waals surface area contributed by atoms with Crippen LogP contribution in [0.1, 0.15) is 99.9 Å². The van der Waals surface area contributed by atoms with E-state index in [1.807, 2.05) is 55.5 Å². The molecule has 8 heteroatoms. The van der Waals surface area contributed by atoms with Crippen LogP contribution in [0.15, 0.2) is 42.7 Å². The summed E-state index contributed by atoms with van der Waals surface area (Å²) in [6.07, 6.45) is 9.80. The number of amides is 2. The summed E-state index contributed by atoms with van der Waals surface area (Å²) in [7, 11) is 1.90. The molecule has 2 aromatic heterocycles. The summed E-state index contributed by atoms with van der Waals surface area (Å²) in [6, 6.07) is 9.54. The highest BCUT2D eigenvalue weighted by atomic mass is 16.2. The number of nitrogens with one attached hydrogen (secondary N) is 1. The van der Waals surface area contributed by atoms with Gasteiger partial charge in [-0.15, -0.1) is 0 Å². The number of anilines is 1. The van der Waals surface area contributed by atoms with Gasteiger partial charge in [0.05, 0.1) is 16.6 Å². The lowest BCUT2D eigenvalue weighted by Crippen LogP contribution is -2.38. The van der Waals surface area contributed by atoms with E-state index in [2.05, 4.69) is 24.1 Å². The third-order valence-electron chi connectivity index (χ3n) is 6.56. The van der Waals surface area contributed by atoms with Gasteiger partial charge >= 0.3 is 0 Å². The van der Waals surface area contributed by atoms with Gasteiger partial charge in [-0.3, -0.25) is 19.9 Å². The molecule has 37 heavy (non-hydrogen) atoms. The number of fused-ring (bicyclic) bond motifs is 1. The summed E-state index contributed by atoms with van der Waals surface area (Å²) >= 11 is 0. The van der Waals surface area contributed by atoms with Gasteiger partial charge in [-0.05, 0) is 63.1 Å². The SMILES string of the molecule is CC.CCC(C)n1c(NC(=O)c2cccnc2)nc2cc(C(=O)N(C)C3CCCCC3)ccc21.CCN. The maximum atomic E-state index is 13.1. The number of hydrogen-bond donors (Lipinski definition) is 2. The molecule has 1 aliphatic carbocycles. The second kappa shape index (κ2) is 15.1. The molecule has 4 rings (SSSR count). The topological polar surface area (TPSA) is 106 Å². The molecule has 2 amide bonds. The average molecular weight is 509 g/mol. The molecule has 0 radical (unpaired) electrons. The third kappa shape index (κ3) is 7.61. The van der Waals surface area contributed by atoms with Gasteiger partial charge in [0.25, 0.3) is 11.8 Å². The van der Waals surface area contributed by atoms with Gasteiger partial charge in [0.1, 0.15) is 0 Å². The summed E-state index contributed by atoms with van der Waals surface area (Å²) in [5.41, 5.74) is 7.55. The van der Waals surface area contributed by atoms with E-state index < -0.39 is 0 Å². The van der Waals surface area contributed by atoms with Crippen LogP contribution in [-0.4, -0.2) is 50.9 Å². The normalized spacial score (nSPS) is 14.0. The maximum Gasteiger partial charge on any atom is 0.259 e. The Morgan fingerprint density at radius 2 is 1.81 bits per heavy atom. The van der Waals surface area contributed by atoms with E-state index in [9.17, 15) is 9.59 Å². The van der Waals surface area contributed by atoms with Gasteiger partial charge in [0, 0.05) is 37.1 Å². The van der Waals surface area contributed by atoms with Crippen LogP contribution < -0.4 is 11.1 Å². The Morgan fingerprint density at radius 1 is 1.14 bits per heavy atom. The van der Waals surface area contributed by atoms with Crippen LogP contribution in [0.4, 0.5) is 5.95 Å². The lowest BCUT2D eigenvalue weighted by atomic mass is 9.94. The molecular formula is C29H44N6O2. The molecule has 0 spiro atoms. The number of aromatic nitrogens is 3. The second-order valence-electron chi connectivity index (χ2n) is 9.08. The fourth-order valence-electron chi connectivity index (χ4n) is 4.46. The van der Waals surface area contributed by atoms with E-state index in [-0.39, 0.29) is 17.9 Å². The fourth-order valence-corrected chi connectivity index (χ4v) is 4.46. The van der Waals surface area contributed by atoms with E-state index in [1.165, 1.54) is 25.5 Å². The van der Waals surface area contributed by atoms with Crippen LogP contribution >= 0.6 is 0 Å². The number of carbonyl (C=O) groups excluding carboxylic acids is 2. The highest BCUT2D eigenvalue weighted by Crippen LogP contribution is 2.28. The molecule has 2 heterocycles. The third-order valence-corrected chi connectivity index (χ3v) is 6.56. The van der Waals surface area contributed by atoms with Crippen molar-refractivity contribution >= 4 is 28.8 Å². The molecule has 1 aromatic carbocycles. The summed E-state index contributed by atoms with van der Waals surface area (Å²) < 4.78 is 2.03. The van der Waals surface area contributed by atoms with Crippen LogP contribution in [0, 0.1) is 0 Å². The summed E-state index contributed by atoms with van der Waals surface area (Å²) in [6.45, 7) is 10.8. The van der Waals surface area contributed by atoms with Gasteiger partial charge in [-0.25, -0.2) is 4.98 Å². The van der Waals surface area contributed by atoms with E-state index in [0.717, 1.165) is 31.3 Å². The molecule has 202 valence electrons. The molecule has 1 aliphatic rings. The monoisotopic (exact) mass is 508 g/mol. The van der Waals surface area contributed by atoms with Crippen LogP contribution in [0.25, 0.3) is 11.0 Å². The number of rotatable bonds is 6. The summed E-state index contributed by atoms with van der Waals surface area (Å²) in [4.78, 5) is 36.5. The van der Waals surface area contributed by atoms with Crippen LogP contribution in [0.2, 0.25) is 0 Å². The Labute approximate surface area is 221 Å². The van der Waals surface area contributed by atoms with Crippen LogP contribution in [-0.2, 0) is 0 Å². The first-order chi connectivity index (χ1) is 17.9. The number of benzene rings is 1. The van der Waals surface area contributed by atoms with Crippen molar-refractivity contribution in [1.82, 2.24) is 19.4 Å². The maximum absolute atomic E-state index is 13.1. The molecule has 0 aliphatic heterocycles. The summed E-state index contributed by atoms with van der Waals surface area (Å²) in [5, 5.41) is 2.93. The first kappa shape index (κ1) is 30.0. The molecule has 3 N–H and O–H groups in total. The largest absolute Gasteiger partial charge is 0.339 e. The van der Waals surface area contributed by atoms with Crippen LogP contribution in [0.5, 0.6) is 0 Å². The zero-order chi connectivity index (χ0) is 27.4. The highest BCUT2D eigenvalue weighted by molar-refractivity contribution is 6.04.